The Morgan fingerprint density at radius 2 is 2.24 bits per heavy atom. The minimum Gasteiger partial charge on any atom is -0.480 e. The van der Waals surface area contributed by atoms with E-state index in [1.165, 1.54) is 0 Å². The van der Waals surface area contributed by atoms with Crippen molar-refractivity contribution in [2.45, 2.75) is 25.5 Å². The van der Waals surface area contributed by atoms with Crippen LogP contribution in [0.25, 0.3) is 0 Å². The number of carbonyl (C=O) groups is 1. The predicted molar refractivity (Wildman–Crippen MR) is 61.0 cm³/mol. The fourth-order valence-electron chi connectivity index (χ4n) is 2.12. The van der Waals surface area contributed by atoms with Crippen LogP contribution in [0.4, 0.5) is 5.82 Å². The Hall–Kier alpha value is -1.69. The number of methoxy groups -OCH3 is 1. The van der Waals surface area contributed by atoms with Gasteiger partial charge in [0.15, 0.2) is 5.82 Å². The Morgan fingerprint density at radius 1 is 1.53 bits per heavy atom. The predicted octanol–water partition coefficient (Wildman–Crippen LogP) is 0.463. The molecule has 1 saturated heterocycles. The number of aryl methyl sites for hydroxylation is 1. The monoisotopic (exact) mass is 237 g/mol. The van der Waals surface area contributed by atoms with Crippen LogP contribution in [0.3, 0.4) is 0 Å². The number of carboxylic acids is 1. The van der Waals surface area contributed by atoms with Crippen molar-refractivity contribution in [2.75, 3.05) is 18.6 Å². The third-order valence-electron chi connectivity index (χ3n) is 3.01. The second-order valence-corrected chi connectivity index (χ2v) is 4.07. The van der Waals surface area contributed by atoms with Gasteiger partial charge in [-0.05, 0) is 6.92 Å². The Kier molecular flexibility index (Phi) is 3.23. The number of carboxylic acid groups (broad SMARTS) is 1. The third-order valence-corrected chi connectivity index (χ3v) is 3.01. The van der Waals surface area contributed by atoms with E-state index in [0.29, 0.717) is 18.8 Å². The van der Waals surface area contributed by atoms with Crippen LogP contribution in [0.5, 0.6) is 0 Å². The van der Waals surface area contributed by atoms with Crippen molar-refractivity contribution in [2.24, 2.45) is 0 Å². The molecule has 2 unspecified atom stereocenters. The van der Waals surface area contributed by atoms with Gasteiger partial charge in [-0.3, -0.25) is 4.98 Å². The maximum Gasteiger partial charge on any atom is 0.326 e. The van der Waals surface area contributed by atoms with E-state index in [2.05, 4.69) is 9.97 Å². The molecule has 17 heavy (non-hydrogen) atoms. The molecule has 92 valence electrons. The van der Waals surface area contributed by atoms with E-state index >= 15 is 0 Å². The summed E-state index contributed by atoms with van der Waals surface area (Å²) in [6, 6.07) is -0.588. The van der Waals surface area contributed by atoms with Crippen LogP contribution in [0.1, 0.15) is 12.1 Å². The summed E-state index contributed by atoms with van der Waals surface area (Å²) < 4.78 is 5.23. The fourth-order valence-corrected chi connectivity index (χ4v) is 2.12. The maximum atomic E-state index is 11.2. The van der Waals surface area contributed by atoms with Gasteiger partial charge in [0.1, 0.15) is 6.04 Å². The van der Waals surface area contributed by atoms with Gasteiger partial charge in [0, 0.05) is 32.5 Å². The van der Waals surface area contributed by atoms with Crippen LogP contribution in [0, 0.1) is 6.92 Å². The molecule has 0 radical (unpaired) electrons. The summed E-state index contributed by atoms with van der Waals surface area (Å²) in [6.45, 7) is 2.36. The highest BCUT2D eigenvalue weighted by Gasteiger charge is 2.38. The van der Waals surface area contributed by atoms with Crippen molar-refractivity contribution < 1.29 is 14.6 Å². The van der Waals surface area contributed by atoms with Crippen molar-refractivity contribution >= 4 is 11.8 Å². The first-order valence-corrected chi connectivity index (χ1v) is 5.43. The van der Waals surface area contributed by atoms with Crippen LogP contribution in [-0.2, 0) is 9.53 Å². The average Bonchev–Trinajstić information content (AvgIpc) is 2.73. The molecule has 0 aliphatic carbocycles. The molecule has 1 N–H and O–H groups in total. The molecule has 1 aromatic heterocycles. The van der Waals surface area contributed by atoms with Crippen LogP contribution < -0.4 is 4.90 Å². The Bertz CT molecular complexity index is 424. The molecule has 1 aliphatic rings. The Labute approximate surface area is 99.2 Å². The molecule has 6 heteroatoms. The zero-order chi connectivity index (χ0) is 12.4. The lowest BCUT2D eigenvalue weighted by molar-refractivity contribution is -0.138. The highest BCUT2D eigenvalue weighted by molar-refractivity contribution is 5.79. The maximum absolute atomic E-state index is 11.2. The zero-order valence-corrected chi connectivity index (χ0v) is 9.83. The van der Waals surface area contributed by atoms with Crippen LogP contribution in [0.15, 0.2) is 12.4 Å². The van der Waals surface area contributed by atoms with E-state index in [1.807, 2.05) is 6.92 Å². The summed E-state index contributed by atoms with van der Waals surface area (Å²) in [5.74, 6) is -0.228. The van der Waals surface area contributed by atoms with Gasteiger partial charge >= 0.3 is 5.97 Å². The number of anilines is 1. The van der Waals surface area contributed by atoms with E-state index in [0.717, 1.165) is 5.69 Å². The second-order valence-electron chi connectivity index (χ2n) is 4.07. The van der Waals surface area contributed by atoms with Gasteiger partial charge < -0.3 is 14.7 Å². The molecule has 0 spiro atoms. The molecule has 6 nitrogen and oxygen atoms in total. The molecule has 2 rings (SSSR count). The number of aromatic nitrogens is 2. The topological polar surface area (TPSA) is 75.6 Å². The molecular formula is C11H15N3O3. The van der Waals surface area contributed by atoms with Crippen molar-refractivity contribution in [1.82, 2.24) is 9.97 Å². The lowest BCUT2D eigenvalue weighted by Gasteiger charge is -2.23. The molecule has 1 aliphatic heterocycles. The molecule has 0 amide bonds. The highest BCUT2D eigenvalue weighted by Crippen LogP contribution is 2.26. The van der Waals surface area contributed by atoms with Gasteiger partial charge in [0.05, 0.1) is 11.8 Å². The summed E-state index contributed by atoms with van der Waals surface area (Å²) in [7, 11) is 1.59. The molecular weight excluding hydrogens is 222 g/mol. The van der Waals surface area contributed by atoms with E-state index < -0.39 is 12.0 Å². The smallest absolute Gasteiger partial charge is 0.326 e. The van der Waals surface area contributed by atoms with E-state index in [4.69, 9.17) is 4.74 Å². The quantitative estimate of drug-likeness (QED) is 0.823. The van der Waals surface area contributed by atoms with Crippen molar-refractivity contribution in [1.29, 1.82) is 0 Å². The SMILES string of the molecule is COC1CC(C(=O)O)N(c2nccnc2C)C1. The van der Waals surface area contributed by atoms with Crippen molar-refractivity contribution in [3.63, 3.8) is 0 Å². The van der Waals surface area contributed by atoms with E-state index in [9.17, 15) is 9.90 Å². The average molecular weight is 237 g/mol. The standard InChI is InChI=1S/C11H15N3O3/c1-7-10(13-4-3-12-7)14-6-8(17-2)5-9(14)11(15)16/h3-4,8-9H,5-6H2,1-2H3,(H,15,16). The number of ether oxygens (including phenoxy) is 1. The first-order valence-electron chi connectivity index (χ1n) is 5.43. The summed E-state index contributed by atoms with van der Waals surface area (Å²) in [4.78, 5) is 21.3. The number of aliphatic carboxylic acids is 1. The Balaban J connectivity index is 2.30. The molecule has 0 saturated carbocycles. The minimum absolute atomic E-state index is 0.0718. The second kappa shape index (κ2) is 4.67. The van der Waals surface area contributed by atoms with Crippen molar-refractivity contribution in [3.8, 4) is 0 Å². The molecule has 1 fully saturated rings. The highest BCUT2D eigenvalue weighted by atomic mass is 16.5. The normalized spacial score (nSPS) is 24.0. The summed E-state index contributed by atoms with van der Waals surface area (Å²) in [5.41, 5.74) is 0.732. The molecule has 1 aromatic rings. The van der Waals surface area contributed by atoms with Crippen molar-refractivity contribution in [3.05, 3.63) is 18.1 Å². The molecule has 2 heterocycles. The number of rotatable bonds is 3. The number of hydrogen-bond acceptors (Lipinski definition) is 5. The van der Waals surface area contributed by atoms with Crippen LogP contribution in [0.2, 0.25) is 0 Å². The first-order chi connectivity index (χ1) is 8.13. The summed E-state index contributed by atoms with van der Waals surface area (Å²) >= 11 is 0. The van der Waals surface area contributed by atoms with Gasteiger partial charge in [0.25, 0.3) is 0 Å². The van der Waals surface area contributed by atoms with Crippen LogP contribution in [-0.4, -0.2) is 46.8 Å². The lowest BCUT2D eigenvalue weighted by Crippen LogP contribution is -2.37. The minimum atomic E-state index is -0.852. The number of hydrogen-bond donors (Lipinski definition) is 1. The van der Waals surface area contributed by atoms with E-state index in [-0.39, 0.29) is 6.10 Å². The largest absolute Gasteiger partial charge is 0.480 e. The van der Waals surface area contributed by atoms with Gasteiger partial charge in [-0.25, -0.2) is 9.78 Å². The van der Waals surface area contributed by atoms with Crippen LogP contribution >= 0.6 is 0 Å². The summed E-state index contributed by atoms with van der Waals surface area (Å²) in [5, 5.41) is 9.20. The van der Waals surface area contributed by atoms with Gasteiger partial charge in [-0.15, -0.1) is 0 Å². The third kappa shape index (κ3) is 2.21. The Morgan fingerprint density at radius 3 is 2.82 bits per heavy atom. The lowest BCUT2D eigenvalue weighted by atomic mass is 10.2. The van der Waals surface area contributed by atoms with E-state index in [1.54, 1.807) is 24.4 Å². The fraction of sp³-hybridized carbons (Fsp3) is 0.545. The number of nitrogens with zero attached hydrogens (tertiary/aromatic N) is 3. The molecule has 0 bridgehead atoms. The molecule has 2 atom stereocenters. The summed E-state index contributed by atoms with van der Waals surface area (Å²) in [6.07, 6.45) is 3.57. The van der Waals surface area contributed by atoms with Gasteiger partial charge in [0.2, 0.25) is 0 Å². The zero-order valence-electron chi connectivity index (χ0n) is 9.83. The molecule has 0 aromatic carbocycles. The first kappa shape index (κ1) is 11.8. The van der Waals surface area contributed by atoms with Gasteiger partial charge in [-0.1, -0.05) is 0 Å². The van der Waals surface area contributed by atoms with Gasteiger partial charge in [-0.2, -0.15) is 0 Å².